The van der Waals surface area contributed by atoms with Gasteiger partial charge in [0.1, 0.15) is 12.6 Å². The highest BCUT2D eigenvalue weighted by molar-refractivity contribution is 7.92. The third-order valence-corrected chi connectivity index (χ3v) is 10.8. The maximum Gasteiger partial charge on any atom is 0.264 e. The Balaban J connectivity index is 1.56. The second-order valence-electron chi connectivity index (χ2n) is 12.3. The van der Waals surface area contributed by atoms with E-state index in [9.17, 15) is 18.0 Å². The standard InChI is InChI=1S/C38H42ClN3O4S/c1-28-17-19-31(20-18-28)26-41(36(25-30-12-5-3-6-13-30)38(44)40-33-14-7-4-8-15-33)37(43)27-42(35-16-10-9-11-29(35)2)47(45,46)34-23-21-32(39)22-24-34/h3,5-6,9-13,16-24,33,36H,4,7-8,14-15,25-27H2,1-2H3,(H,40,44)/t36-/m1/s1. The summed E-state index contributed by atoms with van der Waals surface area (Å²) in [4.78, 5) is 30.5. The number of carbonyl (C=O) groups is 2. The van der Waals surface area contributed by atoms with Crippen LogP contribution in [0.4, 0.5) is 5.69 Å². The zero-order valence-corrected chi connectivity index (χ0v) is 28.5. The van der Waals surface area contributed by atoms with E-state index in [0.29, 0.717) is 16.3 Å². The lowest BCUT2D eigenvalue weighted by Crippen LogP contribution is -2.55. The molecule has 0 unspecified atom stereocenters. The number of sulfonamides is 1. The van der Waals surface area contributed by atoms with Crippen molar-refractivity contribution < 1.29 is 18.0 Å². The van der Waals surface area contributed by atoms with E-state index in [1.165, 1.54) is 24.3 Å². The number of nitrogens with zero attached hydrogens (tertiary/aromatic N) is 2. The first-order valence-corrected chi connectivity index (χ1v) is 18.0. The largest absolute Gasteiger partial charge is 0.352 e. The van der Waals surface area contributed by atoms with Crippen LogP contribution in [0.5, 0.6) is 0 Å². The Morgan fingerprint density at radius 3 is 2.11 bits per heavy atom. The first-order chi connectivity index (χ1) is 22.6. The van der Waals surface area contributed by atoms with E-state index in [0.717, 1.165) is 53.1 Å². The molecule has 4 aromatic rings. The molecule has 1 atom stereocenters. The molecule has 0 radical (unpaired) electrons. The van der Waals surface area contributed by atoms with Crippen molar-refractivity contribution >= 4 is 39.1 Å². The summed E-state index contributed by atoms with van der Waals surface area (Å²) in [5, 5.41) is 3.65. The van der Waals surface area contributed by atoms with Crippen molar-refractivity contribution in [3.8, 4) is 0 Å². The number of benzene rings is 4. The Bertz CT molecular complexity index is 1760. The highest BCUT2D eigenvalue weighted by Gasteiger charge is 2.35. The molecule has 1 fully saturated rings. The fourth-order valence-electron chi connectivity index (χ4n) is 6.08. The molecule has 246 valence electrons. The summed E-state index contributed by atoms with van der Waals surface area (Å²) in [7, 11) is -4.20. The van der Waals surface area contributed by atoms with Crippen LogP contribution in [0.2, 0.25) is 5.02 Å². The van der Waals surface area contributed by atoms with E-state index in [1.807, 2.05) is 80.6 Å². The van der Waals surface area contributed by atoms with Crippen LogP contribution in [-0.2, 0) is 32.6 Å². The molecule has 4 aromatic carbocycles. The second-order valence-corrected chi connectivity index (χ2v) is 14.6. The van der Waals surface area contributed by atoms with Gasteiger partial charge in [-0.05, 0) is 73.7 Å². The molecule has 0 heterocycles. The predicted octanol–water partition coefficient (Wildman–Crippen LogP) is 7.24. The fourth-order valence-corrected chi connectivity index (χ4v) is 7.68. The van der Waals surface area contributed by atoms with E-state index in [4.69, 9.17) is 11.6 Å². The van der Waals surface area contributed by atoms with E-state index < -0.39 is 28.5 Å². The third kappa shape index (κ3) is 8.82. The first kappa shape index (κ1) is 34.2. The summed E-state index contributed by atoms with van der Waals surface area (Å²) in [6.45, 7) is 3.44. The Kier molecular flexibility index (Phi) is 11.4. The molecule has 1 N–H and O–H groups in total. The van der Waals surface area contributed by atoms with Gasteiger partial charge in [-0.1, -0.05) is 109 Å². The molecule has 1 saturated carbocycles. The van der Waals surface area contributed by atoms with Crippen LogP contribution >= 0.6 is 11.6 Å². The maximum atomic E-state index is 14.7. The summed E-state index contributed by atoms with van der Waals surface area (Å²) in [5.74, 6) is -0.713. The average molecular weight is 672 g/mol. The van der Waals surface area contributed by atoms with Crippen LogP contribution in [0.15, 0.2) is 108 Å². The minimum atomic E-state index is -4.20. The Morgan fingerprint density at radius 2 is 1.45 bits per heavy atom. The van der Waals surface area contributed by atoms with E-state index >= 15 is 0 Å². The van der Waals surface area contributed by atoms with Gasteiger partial charge in [-0.15, -0.1) is 0 Å². The van der Waals surface area contributed by atoms with Crippen molar-refractivity contribution in [3.63, 3.8) is 0 Å². The van der Waals surface area contributed by atoms with Crippen LogP contribution in [0.25, 0.3) is 0 Å². The highest BCUT2D eigenvalue weighted by atomic mass is 35.5. The van der Waals surface area contributed by atoms with Crippen LogP contribution in [0.1, 0.15) is 54.4 Å². The smallest absolute Gasteiger partial charge is 0.264 e. The summed E-state index contributed by atoms with van der Waals surface area (Å²) in [5.41, 5.74) is 3.90. The average Bonchev–Trinajstić information content (AvgIpc) is 3.07. The molecular formula is C38H42ClN3O4S. The molecular weight excluding hydrogens is 630 g/mol. The van der Waals surface area contributed by atoms with Crippen LogP contribution in [0.3, 0.4) is 0 Å². The molecule has 0 saturated heterocycles. The molecule has 1 aliphatic carbocycles. The number of para-hydroxylation sites is 1. The van der Waals surface area contributed by atoms with E-state index in [-0.39, 0.29) is 29.8 Å². The van der Waals surface area contributed by atoms with Gasteiger partial charge in [-0.25, -0.2) is 8.42 Å². The lowest BCUT2D eigenvalue weighted by molar-refractivity contribution is -0.140. The Labute approximate surface area is 283 Å². The highest BCUT2D eigenvalue weighted by Crippen LogP contribution is 2.28. The number of hydrogen-bond donors (Lipinski definition) is 1. The van der Waals surface area contributed by atoms with Crippen molar-refractivity contribution in [1.29, 1.82) is 0 Å². The van der Waals surface area contributed by atoms with Gasteiger partial charge in [0, 0.05) is 24.0 Å². The predicted molar refractivity (Wildman–Crippen MR) is 188 cm³/mol. The van der Waals surface area contributed by atoms with Gasteiger partial charge in [0.2, 0.25) is 11.8 Å². The summed E-state index contributed by atoms with van der Waals surface area (Å²) >= 11 is 6.09. The summed E-state index contributed by atoms with van der Waals surface area (Å²) in [6.07, 6.45) is 5.33. The molecule has 5 rings (SSSR count). The number of hydrogen-bond acceptors (Lipinski definition) is 4. The normalized spacial score (nSPS) is 14.3. The number of aryl methyl sites for hydroxylation is 2. The minimum absolute atomic E-state index is 0.0129. The van der Waals surface area contributed by atoms with Gasteiger partial charge >= 0.3 is 0 Å². The van der Waals surface area contributed by atoms with Gasteiger partial charge in [0.15, 0.2) is 0 Å². The number of nitrogens with one attached hydrogen (secondary N) is 1. The quantitative estimate of drug-likeness (QED) is 0.172. The lowest BCUT2D eigenvalue weighted by Gasteiger charge is -2.35. The molecule has 7 nitrogen and oxygen atoms in total. The third-order valence-electron chi connectivity index (χ3n) is 8.76. The van der Waals surface area contributed by atoms with Gasteiger partial charge < -0.3 is 10.2 Å². The van der Waals surface area contributed by atoms with Crippen molar-refractivity contribution in [1.82, 2.24) is 10.2 Å². The summed E-state index contributed by atoms with van der Waals surface area (Å²) < 4.78 is 29.6. The molecule has 2 amide bonds. The van der Waals surface area contributed by atoms with Crippen molar-refractivity contribution in [2.45, 2.75) is 75.9 Å². The molecule has 1 aliphatic rings. The number of rotatable bonds is 12. The zero-order chi connectivity index (χ0) is 33.4. The SMILES string of the molecule is Cc1ccc(CN(C(=O)CN(c2ccccc2C)S(=O)(=O)c2ccc(Cl)cc2)[C@H](Cc2ccccc2)C(=O)NC2CCCCC2)cc1. The molecule has 0 bridgehead atoms. The van der Waals surface area contributed by atoms with Crippen LogP contribution in [-0.4, -0.2) is 43.8 Å². The van der Waals surface area contributed by atoms with Crippen LogP contribution in [0, 0.1) is 13.8 Å². The monoisotopic (exact) mass is 671 g/mol. The van der Waals surface area contributed by atoms with E-state index in [2.05, 4.69) is 5.32 Å². The van der Waals surface area contributed by atoms with Gasteiger partial charge in [-0.3, -0.25) is 13.9 Å². The number of anilines is 1. The molecule has 0 spiro atoms. The zero-order valence-electron chi connectivity index (χ0n) is 26.9. The second kappa shape index (κ2) is 15.6. The van der Waals surface area contributed by atoms with E-state index in [1.54, 1.807) is 17.0 Å². The molecule has 0 aromatic heterocycles. The number of carbonyl (C=O) groups excluding carboxylic acids is 2. The Morgan fingerprint density at radius 1 is 0.809 bits per heavy atom. The number of amides is 2. The van der Waals surface area contributed by atoms with Crippen LogP contribution < -0.4 is 9.62 Å². The maximum absolute atomic E-state index is 14.7. The fraction of sp³-hybridized carbons (Fsp3) is 0.316. The molecule has 9 heteroatoms. The lowest BCUT2D eigenvalue weighted by atomic mass is 9.94. The van der Waals surface area contributed by atoms with Gasteiger partial charge in [-0.2, -0.15) is 0 Å². The first-order valence-electron chi connectivity index (χ1n) is 16.1. The van der Waals surface area contributed by atoms with Crippen molar-refractivity contribution in [2.75, 3.05) is 10.8 Å². The van der Waals surface area contributed by atoms with Gasteiger partial charge in [0.25, 0.3) is 10.0 Å². The topological polar surface area (TPSA) is 86.8 Å². The summed E-state index contributed by atoms with van der Waals surface area (Å²) in [6, 6.07) is 29.6. The van der Waals surface area contributed by atoms with Gasteiger partial charge in [0.05, 0.1) is 10.6 Å². The molecule has 47 heavy (non-hydrogen) atoms. The van der Waals surface area contributed by atoms with Crippen molar-refractivity contribution in [3.05, 3.63) is 130 Å². The minimum Gasteiger partial charge on any atom is -0.352 e. The number of halogens is 1. The Hall–Kier alpha value is -4.14. The molecule has 0 aliphatic heterocycles. The van der Waals surface area contributed by atoms with Crippen molar-refractivity contribution in [2.24, 2.45) is 0 Å².